The van der Waals surface area contributed by atoms with Crippen LogP contribution in [-0.4, -0.2) is 18.6 Å². The first-order chi connectivity index (χ1) is 16.9. The molecule has 174 valence electrons. The fraction of sp³-hybridized carbons (Fsp3) is 0.0690. The second kappa shape index (κ2) is 10.4. The van der Waals surface area contributed by atoms with E-state index in [9.17, 15) is 17.6 Å². The van der Waals surface area contributed by atoms with Crippen molar-refractivity contribution in [2.45, 2.75) is 17.9 Å². The molecule has 6 heteroatoms. The number of nitrogens with zero attached hydrogens (tertiary/aromatic N) is 1. The zero-order valence-electron chi connectivity index (χ0n) is 18.9. The van der Waals surface area contributed by atoms with Crippen LogP contribution in [0.5, 0.6) is 0 Å². The van der Waals surface area contributed by atoms with Gasteiger partial charge in [-0.15, -0.1) is 0 Å². The highest BCUT2D eigenvalue weighted by atomic mass is 32.2. The predicted octanol–water partition coefficient (Wildman–Crippen LogP) is 5.76. The van der Waals surface area contributed by atoms with E-state index in [0.717, 1.165) is 15.9 Å². The third kappa shape index (κ3) is 5.48. The van der Waals surface area contributed by atoms with Crippen molar-refractivity contribution in [3.05, 3.63) is 137 Å². The Morgan fingerprint density at radius 1 is 0.829 bits per heavy atom. The maximum atomic E-state index is 14.0. The molecule has 4 aromatic rings. The van der Waals surface area contributed by atoms with Crippen LogP contribution in [0.2, 0.25) is 0 Å². The Kier molecular flexibility index (Phi) is 7.09. The van der Waals surface area contributed by atoms with Crippen LogP contribution < -0.4 is 0 Å². The van der Waals surface area contributed by atoms with Crippen molar-refractivity contribution >= 4 is 15.9 Å². The fourth-order valence-electron chi connectivity index (χ4n) is 3.52. The summed E-state index contributed by atoms with van der Waals surface area (Å²) in [7, 11) is -4.37. The standard InChI is InChI=1S/C29H22FNO3S/c1-22-15-18-27(19-16-22)35(33,34)31(29(32)25-13-8-14-26(30)21-25)28(24-11-6-3-7-12-24)20-17-23-9-4-2-5-10-23/h2-16,18-19,21,28H,1H3. The molecule has 0 aliphatic rings. The molecular weight excluding hydrogens is 461 g/mol. The van der Waals surface area contributed by atoms with E-state index in [0.29, 0.717) is 11.1 Å². The highest BCUT2D eigenvalue weighted by molar-refractivity contribution is 7.89. The summed E-state index contributed by atoms with van der Waals surface area (Å²) >= 11 is 0. The van der Waals surface area contributed by atoms with E-state index in [4.69, 9.17) is 0 Å². The van der Waals surface area contributed by atoms with E-state index in [1.54, 1.807) is 54.6 Å². The van der Waals surface area contributed by atoms with Gasteiger partial charge in [0.1, 0.15) is 11.9 Å². The summed E-state index contributed by atoms with van der Waals surface area (Å²) in [5, 5.41) is 0. The van der Waals surface area contributed by atoms with Crippen molar-refractivity contribution < 1.29 is 17.6 Å². The van der Waals surface area contributed by atoms with Crippen LogP contribution in [0, 0.1) is 24.6 Å². The number of hydrogen-bond acceptors (Lipinski definition) is 3. The van der Waals surface area contributed by atoms with Gasteiger partial charge in [-0.05, 0) is 55.0 Å². The monoisotopic (exact) mass is 483 g/mol. The second-order valence-corrected chi connectivity index (χ2v) is 9.69. The lowest BCUT2D eigenvalue weighted by atomic mass is 10.1. The van der Waals surface area contributed by atoms with Crippen LogP contribution in [0.1, 0.15) is 33.1 Å². The molecule has 1 amide bonds. The molecule has 0 heterocycles. The Morgan fingerprint density at radius 3 is 2.09 bits per heavy atom. The van der Waals surface area contributed by atoms with Crippen LogP contribution in [0.15, 0.2) is 114 Å². The number of amides is 1. The largest absolute Gasteiger partial charge is 0.269 e. The fourth-order valence-corrected chi connectivity index (χ4v) is 5.01. The topological polar surface area (TPSA) is 54.5 Å². The van der Waals surface area contributed by atoms with E-state index in [1.807, 2.05) is 25.1 Å². The van der Waals surface area contributed by atoms with Crippen molar-refractivity contribution in [3.63, 3.8) is 0 Å². The Balaban J connectivity index is 1.93. The van der Waals surface area contributed by atoms with Crippen LogP contribution >= 0.6 is 0 Å². The van der Waals surface area contributed by atoms with Crippen LogP contribution in [0.25, 0.3) is 0 Å². The molecule has 0 N–H and O–H groups in total. The zero-order chi connectivity index (χ0) is 24.8. The lowest BCUT2D eigenvalue weighted by molar-refractivity contribution is 0.0841. The van der Waals surface area contributed by atoms with Crippen LogP contribution in [-0.2, 0) is 10.0 Å². The van der Waals surface area contributed by atoms with E-state index >= 15 is 0 Å². The molecule has 4 nitrogen and oxygen atoms in total. The Labute approximate surface area is 204 Å². The van der Waals surface area contributed by atoms with Crippen molar-refractivity contribution in [3.8, 4) is 11.8 Å². The molecule has 4 rings (SSSR count). The number of halogens is 1. The molecule has 0 aliphatic carbocycles. The average Bonchev–Trinajstić information content (AvgIpc) is 2.87. The summed E-state index contributed by atoms with van der Waals surface area (Å²) in [5.41, 5.74) is 1.95. The van der Waals surface area contributed by atoms with Gasteiger partial charge in [0.15, 0.2) is 0 Å². The van der Waals surface area contributed by atoms with Crippen molar-refractivity contribution in [2.75, 3.05) is 0 Å². The van der Waals surface area contributed by atoms with Gasteiger partial charge in [0, 0.05) is 11.1 Å². The highest BCUT2D eigenvalue weighted by Crippen LogP contribution is 2.30. The first-order valence-electron chi connectivity index (χ1n) is 10.9. The second-order valence-electron chi connectivity index (χ2n) is 7.88. The van der Waals surface area contributed by atoms with Gasteiger partial charge in [-0.1, -0.05) is 84.1 Å². The quantitative estimate of drug-likeness (QED) is 0.339. The Hall–Kier alpha value is -4.21. The summed E-state index contributed by atoms with van der Waals surface area (Å²) in [6.07, 6.45) is 0. The first kappa shape index (κ1) is 23.9. The molecule has 0 aromatic heterocycles. The normalized spacial score (nSPS) is 11.7. The smallest absolute Gasteiger partial charge is 0.268 e. The van der Waals surface area contributed by atoms with Gasteiger partial charge >= 0.3 is 0 Å². The van der Waals surface area contributed by atoms with E-state index in [2.05, 4.69) is 11.8 Å². The van der Waals surface area contributed by atoms with E-state index < -0.39 is 27.8 Å². The molecular formula is C29H22FNO3S. The molecule has 0 aliphatic heterocycles. The number of sulfonamides is 1. The average molecular weight is 484 g/mol. The Bertz CT molecular complexity index is 1490. The number of hydrogen-bond donors (Lipinski definition) is 0. The third-order valence-corrected chi connectivity index (χ3v) is 7.09. The van der Waals surface area contributed by atoms with Crippen LogP contribution in [0.4, 0.5) is 4.39 Å². The van der Waals surface area contributed by atoms with Gasteiger partial charge < -0.3 is 0 Å². The molecule has 0 radical (unpaired) electrons. The summed E-state index contributed by atoms with van der Waals surface area (Å²) < 4.78 is 42.6. The van der Waals surface area contributed by atoms with Gasteiger partial charge in [0.05, 0.1) is 4.90 Å². The SMILES string of the molecule is Cc1ccc(S(=O)(=O)N(C(=O)c2cccc(F)c2)C(C#Cc2ccccc2)c2ccccc2)cc1. The highest BCUT2D eigenvalue weighted by Gasteiger charge is 2.36. The summed E-state index contributed by atoms with van der Waals surface area (Å²) in [6.45, 7) is 1.84. The number of rotatable bonds is 5. The number of carbonyl (C=O) groups excluding carboxylic acids is 1. The maximum absolute atomic E-state index is 14.0. The molecule has 0 spiro atoms. The van der Waals surface area contributed by atoms with Gasteiger partial charge in [-0.25, -0.2) is 17.1 Å². The number of benzene rings is 4. The first-order valence-corrected chi connectivity index (χ1v) is 12.3. The van der Waals surface area contributed by atoms with E-state index in [1.165, 1.54) is 30.3 Å². The lowest BCUT2D eigenvalue weighted by Crippen LogP contribution is -2.39. The molecule has 0 saturated carbocycles. The molecule has 0 fully saturated rings. The van der Waals surface area contributed by atoms with Gasteiger partial charge in [-0.3, -0.25) is 4.79 Å². The molecule has 4 aromatic carbocycles. The Morgan fingerprint density at radius 2 is 1.46 bits per heavy atom. The molecule has 0 saturated heterocycles. The van der Waals surface area contributed by atoms with Crippen molar-refractivity contribution in [2.24, 2.45) is 0 Å². The van der Waals surface area contributed by atoms with Gasteiger partial charge in [0.2, 0.25) is 0 Å². The van der Waals surface area contributed by atoms with Crippen molar-refractivity contribution in [1.82, 2.24) is 4.31 Å². The van der Waals surface area contributed by atoms with Crippen molar-refractivity contribution in [1.29, 1.82) is 0 Å². The molecule has 0 bridgehead atoms. The molecule has 1 atom stereocenters. The van der Waals surface area contributed by atoms with Gasteiger partial charge in [0.25, 0.3) is 15.9 Å². The summed E-state index contributed by atoms with van der Waals surface area (Å²) in [5.74, 6) is 4.46. The van der Waals surface area contributed by atoms with Gasteiger partial charge in [-0.2, -0.15) is 0 Å². The summed E-state index contributed by atoms with van der Waals surface area (Å²) in [6, 6.07) is 27.8. The summed E-state index contributed by atoms with van der Waals surface area (Å²) in [4.78, 5) is 13.7. The minimum atomic E-state index is -4.37. The van der Waals surface area contributed by atoms with Crippen LogP contribution in [0.3, 0.4) is 0 Å². The maximum Gasteiger partial charge on any atom is 0.269 e. The molecule has 35 heavy (non-hydrogen) atoms. The lowest BCUT2D eigenvalue weighted by Gasteiger charge is -2.28. The number of aryl methyl sites for hydroxylation is 1. The minimum absolute atomic E-state index is 0.0599. The predicted molar refractivity (Wildman–Crippen MR) is 133 cm³/mol. The molecule has 1 unspecified atom stereocenters. The zero-order valence-corrected chi connectivity index (χ0v) is 19.7. The van der Waals surface area contributed by atoms with E-state index in [-0.39, 0.29) is 10.5 Å². The number of carbonyl (C=O) groups is 1. The minimum Gasteiger partial charge on any atom is -0.268 e. The third-order valence-electron chi connectivity index (χ3n) is 5.33.